The molecule has 1 N–H and O–H groups in total. The molecule has 31 heavy (non-hydrogen) atoms. The maximum absolute atomic E-state index is 12.9. The van der Waals surface area contributed by atoms with Crippen molar-refractivity contribution in [2.45, 2.75) is 96.4 Å². The third-order valence-corrected chi connectivity index (χ3v) is 7.86. The van der Waals surface area contributed by atoms with Gasteiger partial charge in [0.05, 0.1) is 7.11 Å². The van der Waals surface area contributed by atoms with Gasteiger partial charge in [0.1, 0.15) is 11.8 Å². The molecule has 6 nitrogen and oxygen atoms in total. The maximum atomic E-state index is 12.9. The molecule has 0 aromatic heterocycles. The van der Waals surface area contributed by atoms with E-state index in [1.165, 1.54) is 29.5 Å². The van der Waals surface area contributed by atoms with E-state index in [2.05, 4.69) is 36.2 Å². The smallest absolute Gasteiger partial charge is 0.242 e. The summed E-state index contributed by atoms with van der Waals surface area (Å²) in [5.41, 5.74) is 3.90. The maximum Gasteiger partial charge on any atom is 0.242 e. The summed E-state index contributed by atoms with van der Waals surface area (Å²) in [5.74, 6) is 1.08. The first kappa shape index (κ1) is 22.1. The van der Waals surface area contributed by atoms with E-state index in [4.69, 9.17) is 4.74 Å². The fourth-order valence-electron chi connectivity index (χ4n) is 5.79. The highest BCUT2D eigenvalue weighted by Gasteiger charge is 2.41. The lowest BCUT2D eigenvalue weighted by Crippen LogP contribution is -2.55. The van der Waals surface area contributed by atoms with Gasteiger partial charge < -0.3 is 15.0 Å². The zero-order chi connectivity index (χ0) is 22.1. The predicted octanol–water partition coefficient (Wildman–Crippen LogP) is 3.32. The summed E-state index contributed by atoms with van der Waals surface area (Å²) >= 11 is 0. The number of amides is 2. The minimum Gasteiger partial charge on any atom is -0.496 e. The van der Waals surface area contributed by atoms with Crippen LogP contribution in [0.25, 0.3) is 0 Å². The van der Waals surface area contributed by atoms with Crippen LogP contribution < -0.4 is 10.1 Å². The zero-order valence-electron chi connectivity index (χ0n) is 19.4. The molecule has 3 saturated heterocycles. The molecule has 3 fully saturated rings. The van der Waals surface area contributed by atoms with Gasteiger partial charge in [-0.25, -0.2) is 0 Å². The summed E-state index contributed by atoms with van der Waals surface area (Å²) < 4.78 is 5.47. The third kappa shape index (κ3) is 4.45. The van der Waals surface area contributed by atoms with Gasteiger partial charge in [0.2, 0.25) is 11.8 Å². The largest absolute Gasteiger partial charge is 0.496 e. The standard InChI is InChI=1S/C25H37N3O3/c1-16-17(2)23(31-4)11-8-19(16)15-28-21-9-10-22(28)14-20(13-21)26-25(30)18(3)27-12-6-5-7-24(27)29/h8,11,18,20-22H,5-7,9-10,12-15H2,1-4H3,(H,26,30). The normalized spacial score (nSPS) is 27.3. The molecular weight excluding hydrogens is 390 g/mol. The molecule has 2 bridgehead atoms. The molecular formula is C25H37N3O3. The number of nitrogens with zero attached hydrogens (tertiary/aromatic N) is 2. The van der Waals surface area contributed by atoms with Crippen LogP contribution in [0.15, 0.2) is 12.1 Å². The number of nitrogens with one attached hydrogen (secondary N) is 1. The van der Waals surface area contributed by atoms with Gasteiger partial charge >= 0.3 is 0 Å². The van der Waals surface area contributed by atoms with Crippen LogP contribution in [-0.4, -0.2) is 59.4 Å². The average Bonchev–Trinajstić information content (AvgIpc) is 2.99. The minimum atomic E-state index is -0.367. The molecule has 1 aromatic rings. The summed E-state index contributed by atoms with van der Waals surface area (Å²) in [6.07, 6.45) is 6.91. The van der Waals surface area contributed by atoms with E-state index in [1.54, 1.807) is 12.0 Å². The number of likely N-dealkylation sites (tertiary alicyclic amines) is 1. The summed E-state index contributed by atoms with van der Waals surface area (Å²) in [5, 5.41) is 3.28. The lowest BCUT2D eigenvalue weighted by Gasteiger charge is -2.40. The van der Waals surface area contributed by atoms with Crippen LogP contribution in [0.5, 0.6) is 5.75 Å². The van der Waals surface area contributed by atoms with Crippen LogP contribution in [0.2, 0.25) is 0 Å². The Morgan fingerprint density at radius 1 is 1.16 bits per heavy atom. The van der Waals surface area contributed by atoms with Crippen molar-refractivity contribution in [2.75, 3.05) is 13.7 Å². The Morgan fingerprint density at radius 3 is 2.52 bits per heavy atom. The van der Waals surface area contributed by atoms with E-state index in [-0.39, 0.29) is 23.9 Å². The van der Waals surface area contributed by atoms with Gasteiger partial charge in [-0.2, -0.15) is 0 Å². The second-order valence-corrected chi connectivity index (χ2v) is 9.63. The molecule has 170 valence electrons. The molecule has 6 heteroatoms. The van der Waals surface area contributed by atoms with E-state index >= 15 is 0 Å². The number of hydrogen-bond donors (Lipinski definition) is 1. The van der Waals surface area contributed by atoms with E-state index in [9.17, 15) is 9.59 Å². The van der Waals surface area contributed by atoms with Crippen molar-refractivity contribution < 1.29 is 14.3 Å². The number of benzene rings is 1. The lowest BCUT2D eigenvalue weighted by atomic mass is 9.94. The zero-order valence-corrected chi connectivity index (χ0v) is 19.4. The highest BCUT2D eigenvalue weighted by molar-refractivity contribution is 5.87. The van der Waals surface area contributed by atoms with Gasteiger partial charge in [-0.3, -0.25) is 14.5 Å². The third-order valence-electron chi connectivity index (χ3n) is 7.86. The SMILES string of the molecule is COc1ccc(CN2C3CCC2CC(NC(=O)C(C)N2CCCCC2=O)C3)c(C)c1C. The summed E-state index contributed by atoms with van der Waals surface area (Å²) in [7, 11) is 1.72. The quantitative estimate of drug-likeness (QED) is 0.757. The second-order valence-electron chi connectivity index (χ2n) is 9.63. The first-order valence-corrected chi connectivity index (χ1v) is 11.9. The van der Waals surface area contributed by atoms with Gasteiger partial charge in [0, 0.05) is 37.6 Å². The van der Waals surface area contributed by atoms with Crippen LogP contribution in [-0.2, 0) is 16.1 Å². The Bertz CT molecular complexity index is 826. The summed E-state index contributed by atoms with van der Waals surface area (Å²) in [6.45, 7) is 7.85. The number of ether oxygens (including phenoxy) is 1. The van der Waals surface area contributed by atoms with E-state index in [0.29, 0.717) is 25.0 Å². The van der Waals surface area contributed by atoms with Gasteiger partial charge in [0.15, 0.2) is 0 Å². The molecule has 3 heterocycles. The Balaban J connectivity index is 1.36. The highest BCUT2D eigenvalue weighted by Crippen LogP contribution is 2.38. The van der Waals surface area contributed by atoms with Gasteiger partial charge in [-0.05, 0) is 82.1 Å². The van der Waals surface area contributed by atoms with Gasteiger partial charge in [-0.1, -0.05) is 6.07 Å². The molecule has 3 unspecified atom stereocenters. The molecule has 3 aliphatic rings. The van der Waals surface area contributed by atoms with Crippen molar-refractivity contribution in [1.29, 1.82) is 0 Å². The molecule has 4 rings (SSSR count). The van der Waals surface area contributed by atoms with Crippen molar-refractivity contribution in [1.82, 2.24) is 15.1 Å². The Hall–Kier alpha value is -2.08. The lowest BCUT2D eigenvalue weighted by molar-refractivity contribution is -0.142. The molecule has 0 radical (unpaired) electrons. The summed E-state index contributed by atoms with van der Waals surface area (Å²) in [6, 6.07) is 5.15. The van der Waals surface area contributed by atoms with Crippen molar-refractivity contribution in [3.8, 4) is 5.75 Å². The number of carbonyl (C=O) groups is 2. The van der Waals surface area contributed by atoms with Gasteiger partial charge in [-0.15, -0.1) is 0 Å². The van der Waals surface area contributed by atoms with Crippen LogP contribution in [0.3, 0.4) is 0 Å². The van der Waals surface area contributed by atoms with Crippen LogP contribution in [0.1, 0.15) is 68.6 Å². The number of carbonyl (C=O) groups excluding carboxylic acids is 2. The molecule has 1 aromatic carbocycles. The van der Waals surface area contributed by atoms with E-state index in [0.717, 1.165) is 38.0 Å². The molecule has 0 aliphatic carbocycles. The Kier molecular flexibility index (Phi) is 6.56. The monoisotopic (exact) mass is 427 g/mol. The fourth-order valence-corrected chi connectivity index (χ4v) is 5.79. The van der Waals surface area contributed by atoms with Gasteiger partial charge in [0.25, 0.3) is 0 Å². The Morgan fingerprint density at radius 2 is 1.87 bits per heavy atom. The number of fused-ring (bicyclic) bond motifs is 2. The number of rotatable bonds is 6. The van der Waals surface area contributed by atoms with Crippen LogP contribution >= 0.6 is 0 Å². The second kappa shape index (κ2) is 9.19. The fraction of sp³-hybridized carbons (Fsp3) is 0.680. The Labute approximate surface area is 186 Å². The number of methoxy groups -OCH3 is 1. The van der Waals surface area contributed by atoms with Crippen LogP contribution in [0.4, 0.5) is 0 Å². The first-order chi connectivity index (χ1) is 14.9. The topological polar surface area (TPSA) is 61.9 Å². The molecule has 3 atom stereocenters. The average molecular weight is 428 g/mol. The minimum absolute atomic E-state index is 0.00900. The first-order valence-electron chi connectivity index (χ1n) is 11.9. The molecule has 0 saturated carbocycles. The van der Waals surface area contributed by atoms with Crippen molar-refractivity contribution in [2.24, 2.45) is 0 Å². The van der Waals surface area contributed by atoms with E-state index < -0.39 is 0 Å². The van der Waals surface area contributed by atoms with Crippen molar-refractivity contribution in [3.63, 3.8) is 0 Å². The van der Waals surface area contributed by atoms with E-state index in [1.807, 2.05) is 6.92 Å². The summed E-state index contributed by atoms with van der Waals surface area (Å²) in [4.78, 5) is 29.5. The van der Waals surface area contributed by atoms with Crippen molar-refractivity contribution >= 4 is 11.8 Å². The predicted molar refractivity (Wildman–Crippen MR) is 121 cm³/mol. The molecule has 2 amide bonds. The number of piperidine rings is 2. The molecule has 0 spiro atoms. The van der Waals surface area contributed by atoms with Crippen molar-refractivity contribution in [3.05, 3.63) is 28.8 Å². The molecule has 3 aliphatic heterocycles. The highest BCUT2D eigenvalue weighted by atomic mass is 16.5. The number of hydrogen-bond acceptors (Lipinski definition) is 4. The van der Waals surface area contributed by atoms with Crippen LogP contribution in [0, 0.1) is 13.8 Å².